The van der Waals surface area contributed by atoms with Crippen LogP contribution in [0, 0.1) is 6.92 Å². The second-order valence-corrected chi connectivity index (χ2v) is 9.00. The molecule has 0 atom stereocenters. The quantitative estimate of drug-likeness (QED) is 0.303. The molecule has 0 aliphatic heterocycles. The van der Waals surface area contributed by atoms with E-state index in [1.807, 2.05) is 56.3 Å². The Kier molecular flexibility index (Phi) is 7.15. The molecular formula is C24H24ClN5O2S. The van der Waals surface area contributed by atoms with E-state index in [1.165, 1.54) is 11.8 Å². The minimum absolute atomic E-state index is 0.123. The summed E-state index contributed by atoms with van der Waals surface area (Å²) in [5, 5.41) is 8.34. The van der Waals surface area contributed by atoms with E-state index in [0.717, 1.165) is 16.7 Å². The average Bonchev–Trinajstić information content (AvgIpc) is 3.24. The minimum atomic E-state index is -0.216. The fourth-order valence-corrected chi connectivity index (χ4v) is 4.36. The first kappa shape index (κ1) is 23.1. The SMILES string of the molecule is CCn1cc2nc(SCC(=O)NCc3ccccc3Cl)n(Cc3ccc(C)cc3)c(=O)c2n1. The van der Waals surface area contributed by atoms with Crippen molar-refractivity contribution in [2.75, 3.05) is 5.75 Å². The number of halogens is 1. The van der Waals surface area contributed by atoms with Gasteiger partial charge < -0.3 is 5.32 Å². The number of aryl methyl sites for hydroxylation is 2. The van der Waals surface area contributed by atoms with Gasteiger partial charge in [-0.15, -0.1) is 0 Å². The van der Waals surface area contributed by atoms with Crippen molar-refractivity contribution in [2.45, 2.75) is 38.6 Å². The largest absolute Gasteiger partial charge is 0.351 e. The molecule has 7 nitrogen and oxygen atoms in total. The third kappa shape index (κ3) is 5.46. The molecule has 4 rings (SSSR count). The van der Waals surface area contributed by atoms with E-state index < -0.39 is 0 Å². The zero-order chi connectivity index (χ0) is 23.4. The lowest BCUT2D eigenvalue weighted by Gasteiger charge is -2.12. The van der Waals surface area contributed by atoms with E-state index in [9.17, 15) is 9.59 Å². The first-order valence-corrected chi connectivity index (χ1v) is 12.0. The van der Waals surface area contributed by atoms with Gasteiger partial charge in [0, 0.05) is 18.1 Å². The molecule has 0 unspecified atom stereocenters. The standard InChI is InChI=1S/C24H24ClN5O2S/c1-3-29-14-20-22(28-29)23(32)30(13-17-10-8-16(2)9-11-17)24(27-20)33-15-21(31)26-12-18-6-4-5-7-19(18)25/h4-11,14H,3,12-13,15H2,1-2H3,(H,26,31). The zero-order valence-electron chi connectivity index (χ0n) is 18.4. The molecule has 0 radical (unpaired) electrons. The van der Waals surface area contributed by atoms with Crippen LogP contribution in [0.1, 0.15) is 23.6 Å². The van der Waals surface area contributed by atoms with Crippen LogP contribution in [-0.2, 0) is 24.4 Å². The molecular weight excluding hydrogens is 458 g/mol. The highest BCUT2D eigenvalue weighted by Gasteiger charge is 2.16. The van der Waals surface area contributed by atoms with Crippen molar-refractivity contribution in [3.8, 4) is 0 Å². The molecule has 1 N–H and O–H groups in total. The molecule has 0 aliphatic rings. The van der Waals surface area contributed by atoms with Gasteiger partial charge in [0.05, 0.1) is 18.5 Å². The summed E-state index contributed by atoms with van der Waals surface area (Å²) in [4.78, 5) is 30.4. The van der Waals surface area contributed by atoms with Crippen molar-refractivity contribution in [3.05, 3.63) is 86.8 Å². The van der Waals surface area contributed by atoms with Gasteiger partial charge in [0.25, 0.3) is 5.56 Å². The van der Waals surface area contributed by atoms with Crippen LogP contribution in [0.15, 0.2) is 64.7 Å². The van der Waals surface area contributed by atoms with Gasteiger partial charge in [0.15, 0.2) is 10.7 Å². The highest BCUT2D eigenvalue weighted by Crippen LogP contribution is 2.19. The van der Waals surface area contributed by atoms with Gasteiger partial charge in [-0.3, -0.25) is 18.8 Å². The second-order valence-electron chi connectivity index (χ2n) is 7.65. The molecule has 0 spiro atoms. The lowest BCUT2D eigenvalue weighted by molar-refractivity contribution is -0.118. The average molecular weight is 482 g/mol. The van der Waals surface area contributed by atoms with E-state index in [0.29, 0.717) is 40.8 Å². The van der Waals surface area contributed by atoms with Gasteiger partial charge in [-0.1, -0.05) is 71.4 Å². The third-order valence-electron chi connectivity index (χ3n) is 5.19. The predicted molar refractivity (Wildman–Crippen MR) is 132 cm³/mol. The smallest absolute Gasteiger partial charge is 0.282 e. The van der Waals surface area contributed by atoms with E-state index in [-0.39, 0.29) is 17.2 Å². The van der Waals surface area contributed by atoms with Crippen LogP contribution >= 0.6 is 23.4 Å². The van der Waals surface area contributed by atoms with Crippen molar-refractivity contribution < 1.29 is 4.79 Å². The Hall–Kier alpha value is -3.10. The third-order valence-corrected chi connectivity index (χ3v) is 6.53. The van der Waals surface area contributed by atoms with Gasteiger partial charge in [0.1, 0.15) is 5.52 Å². The van der Waals surface area contributed by atoms with Gasteiger partial charge in [0.2, 0.25) is 5.91 Å². The number of hydrogen-bond donors (Lipinski definition) is 1. The lowest BCUT2D eigenvalue weighted by Crippen LogP contribution is -2.27. The number of thioether (sulfide) groups is 1. The summed E-state index contributed by atoms with van der Waals surface area (Å²) in [5.41, 5.74) is 3.61. The molecule has 170 valence electrons. The maximum absolute atomic E-state index is 13.3. The van der Waals surface area contributed by atoms with Crippen LogP contribution in [-0.4, -0.2) is 31.0 Å². The molecule has 4 aromatic rings. The normalized spacial score (nSPS) is 11.1. The molecule has 1 amide bonds. The highest BCUT2D eigenvalue weighted by atomic mass is 35.5. The fourth-order valence-electron chi connectivity index (χ4n) is 3.33. The summed E-state index contributed by atoms with van der Waals surface area (Å²) < 4.78 is 3.28. The lowest BCUT2D eigenvalue weighted by atomic mass is 10.1. The number of nitrogens with zero attached hydrogens (tertiary/aromatic N) is 4. The first-order valence-electron chi connectivity index (χ1n) is 10.6. The summed E-state index contributed by atoms with van der Waals surface area (Å²) in [7, 11) is 0. The van der Waals surface area contributed by atoms with Crippen molar-refractivity contribution in [1.29, 1.82) is 0 Å². The Morgan fingerprint density at radius 3 is 2.64 bits per heavy atom. The van der Waals surface area contributed by atoms with Crippen molar-refractivity contribution in [2.24, 2.45) is 0 Å². The minimum Gasteiger partial charge on any atom is -0.351 e. The molecule has 0 aliphatic carbocycles. The molecule has 0 bridgehead atoms. The van der Waals surface area contributed by atoms with Crippen LogP contribution < -0.4 is 10.9 Å². The number of hydrogen-bond acceptors (Lipinski definition) is 5. The summed E-state index contributed by atoms with van der Waals surface area (Å²) in [6.07, 6.45) is 1.76. The Bertz CT molecular complexity index is 1350. The summed E-state index contributed by atoms with van der Waals surface area (Å²) in [6, 6.07) is 15.4. The maximum atomic E-state index is 13.3. The van der Waals surface area contributed by atoms with Gasteiger partial charge in [-0.05, 0) is 31.0 Å². The Balaban J connectivity index is 1.56. The Morgan fingerprint density at radius 1 is 1.15 bits per heavy atom. The second kappa shape index (κ2) is 10.2. The number of benzene rings is 2. The summed E-state index contributed by atoms with van der Waals surface area (Å²) >= 11 is 7.40. The monoisotopic (exact) mass is 481 g/mol. The van der Waals surface area contributed by atoms with Crippen LogP contribution in [0.4, 0.5) is 0 Å². The van der Waals surface area contributed by atoms with E-state index >= 15 is 0 Å². The van der Waals surface area contributed by atoms with E-state index in [1.54, 1.807) is 21.5 Å². The van der Waals surface area contributed by atoms with Crippen LogP contribution in [0.25, 0.3) is 11.0 Å². The number of amides is 1. The first-order chi connectivity index (χ1) is 15.9. The predicted octanol–water partition coefficient (Wildman–Crippen LogP) is 4.03. The number of rotatable bonds is 8. The van der Waals surface area contributed by atoms with Crippen molar-refractivity contribution >= 4 is 40.3 Å². The van der Waals surface area contributed by atoms with E-state index in [2.05, 4.69) is 15.4 Å². The summed E-state index contributed by atoms with van der Waals surface area (Å²) in [5.74, 6) is -0.0431. The molecule has 0 saturated carbocycles. The van der Waals surface area contributed by atoms with Crippen molar-refractivity contribution in [3.63, 3.8) is 0 Å². The zero-order valence-corrected chi connectivity index (χ0v) is 20.0. The highest BCUT2D eigenvalue weighted by molar-refractivity contribution is 7.99. The van der Waals surface area contributed by atoms with Gasteiger partial charge in [-0.25, -0.2) is 4.98 Å². The van der Waals surface area contributed by atoms with Crippen LogP contribution in [0.3, 0.4) is 0 Å². The molecule has 2 aromatic carbocycles. The number of aromatic nitrogens is 4. The molecule has 2 heterocycles. The summed E-state index contributed by atoms with van der Waals surface area (Å²) in [6.45, 7) is 5.30. The maximum Gasteiger partial charge on any atom is 0.282 e. The molecule has 0 saturated heterocycles. The van der Waals surface area contributed by atoms with Crippen LogP contribution in [0.2, 0.25) is 5.02 Å². The molecule has 9 heteroatoms. The number of carbonyl (C=O) groups excluding carboxylic acids is 1. The van der Waals surface area contributed by atoms with Crippen LogP contribution in [0.5, 0.6) is 0 Å². The number of nitrogens with one attached hydrogen (secondary N) is 1. The molecule has 2 aromatic heterocycles. The van der Waals surface area contributed by atoms with Gasteiger partial charge >= 0.3 is 0 Å². The topological polar surface area (TPSA) is 81.8 Å². The molecule has 33 heavy (non-hydrogen) atoms. The Morgan fingerprint density at radius 2 is 1.91 bits per heavy atom. The Labute approximate surface area is 200 Å². The van der Waals surface area contributed by atoms with Crippen molar-refractivity contribution in [1.82, 2.24) is 24.6 Å². The van der Waals surface area contributed by atoms with Gasteiger partial charge in [-0.2, -0.15) is 5.10 Å². The molecule has 0 fully saturated rings. The number of fused-ring (bicyclic) bond motifs is 1. The number of carbonyl (C=O) groups is 1. The fraction of sp³-hybridized carbons (Fsp3) is 0.250. The van der Waals surface area contributed by atoms with E-state index in [4.69, 9.17) is 11.6 Å².